The number of benzene rings is 2. The monoisotopic (exact) mass is 400 g/mol. The molecular weight excluding hydrogens is 387 g/mol. The van der Waals surface area contributed by atoms with Crippen LogP contribution >= 0.6 is 27.5 Å². The Hall–Kier alpha value is -1.79. The molecule has 0 spiro atoms. The molecule has 0 aliphatic rings. The van der Waals surface area contributed by atoms with Gasteiger partial charge in [0.2, 0.25) is 5.91 Å². The van der Waals surface area contributed by atoms with Gasteiger partial charge in [-0.1, -0.05) is 27.5 Å². The molecule has 0 saturated carbocycles. The van der Waals surface area contributed by atoms with Gasteiger partial charge in [-0.25, -0.2) is 4.39 Å². The summed E-state index contributed by atoms with van der Waals surface area (Å²) in [4.78, 5) is 13.7. The fourth-order valence-corrected chi connectivity index (χ4v) is 2.56. The van der Waals surface area contributed by atoms with Crippen LogP contribution in [-0.4, -0.2) is 26.6 Å². The van der Waals surface area contributed by atoms with Crippen LogP contribution in [0.5, 0.6) is 5.75 Å². The van der Waals surface area contributed by atoms with E-state index in [1.165, 1.54) is 18.1 Å². The summed E-state index contributed by atoms with van der Waals surface area (Å²) in [5, 5.41) is 3.19. The summed E-state index contributed by atoms with van der Waals surface area (Å²) in [5.41, 5.74) is 0.802. The fraction of sp³-hybridized carbons (Fsp3) is 0.188. The molecule has 2 rings (SSSR count). The predicted molar refractivity (Wildman–Crippen MR) is 94.0 cm³/mol. The Labute approximate surface area is 147 Å². The summed E-state index contributed by atoms with van der Waals surface area (Å²) in [6.07, 6.45) is 0. The van der Waals surface area contributed by atoms with Gasteiger partial charge in [0, 0.05) is 16.5 Å². The molecule has 7 heteroatoms. The molecule has 1 amide bonds. The van der Waals surface area contributed by atoms with Crippen LogP contribution in [0.1, 0.15) is 0 Å². The highest BCUT2D eigenvalue weighted by Gasteiger charge is 2.14. The highest BCUT2D eigenvalue weighted by Crippen LogP contribution is 2.28. The molecule has 2 aromatic carbocycles. The van der Waals surface area contributed by atoms with Gasteiger partial charge in [-0.15, -0.1) is 0 Å². The number of anilines is 2. The number of nitrogens with one attached hydrogen (secondary N) is 1. The second-order valence-electron chi connectivity index (χ2n) is 4.84. The first-order valence-electron chi connectivity index (χ1n) is 6.70. The van der Waals surface area contributed by atoms with Crippen molar-refractivity contribution >= 4 is 44.8 Å². The predicted octanol–water partition coefficient (Wildman–Crippen LogP) is 4.33. The second kappa shape index (κ2) is 7.66. The smallest absolute Gasteiger partial charge is 0.243 e. The third-order valence-corrected chi connectivity index (χ3v) is 3.87. The van der Waals surface area contributed by atoms with E-state index < -0.39 is 5.82 Å². The van der Waals surface area contributed by atoms with Gasteiger partial charge >= 0.3 is 0 Å². The normalized spacial score (nSPS) is 10.3. The van der Waals surface area contributed by atoms with Crippen LogP contribution in [0.15, 0.2) is 40.9 Å². The molecule has 0 atom stereocenters. The largest absolute Gasteiger partial charge is 0.495 e. The van der Waals surface area contributed by atoms with Crippen LogP contribution in [0.2, 0.25) is 5.02 Å². The number of methoxy groups -OCH3 is 1. The standard InChI is InChI=1S/C16H15BrClFN2O2/c1-21(14-5-3-10(17)7-12(14)19)9-16(22)20-13-8-11(18)4-6-15(13)23-2/h3-8H,9H2,1-2H3,(H,20,22). The van der Waals surface area contributed by atoms with E-state index in [9.17, 15) is 9.18 Å². The maximum Gasteiger partial charge on any atom is 0.243 e. The van der Waals surface area contributed by atoms with E-state index in [2.05, 4.69) is 21.2 Å². The lowest BCUT2D eigenvalue weighted by atomic mass is 10.2. The molecule has 0 saturated heterocycles. The Bertz CT molecular complexity index is 727. The average Bonchev–Trinajstić information content (AvgIpc) is 2.47. The average molecular weight is 402 g/mol. The van der Waals surface area contributed by atoms with Crippen molar-refractivity contribution in [3.05, 3.63) is 51.7 Å². The van der Waals surface area contributed by atoms with Gasteiger partial charge in [0.1, 0.15) is 11.6 Å². The molecule has 0 aliphatic heterocycles. The van der Waals surface area contributed by atoms with Crippen molar-refractivity contribution in [3.8, 4) is 5.75 Å². The SMILES string of the molecule is COc1ccc(Cl)cc1NC(=O)CN(C)c1ccc(Br)cc1F. The highest BCUT2D eigenvalue weighted by molar-refractivity contribution is 9.10. The fourth-order valence-electron chi connectivity index (χ4n) is 2.06. The van der Waals surface area contributed by atoms with Crippen molar-refractivity contribution in [2.24, 2.45) is 0 Å². The Kier molecular flexibility index (Phi) is 5.85. The Morgan fingerprint density at radius 3 is 2.74 bits per heavy atom. The molecule has 4 nitrogen and oxygen atoms in total. The maximum absolute atomic E-state index is 13.9. The zero-order valence-electron chi connectivity index (χ0n) is 12.6. The molecule has 0 heterocycles. The van der Waals surface area contributed by atoms with Gasteiger partial charge in [0.25, 0.3) is 0 Å². The third-order valence-electron chi connectivity index (χ3n) is 3.14. The number of nitrogens with zero attached hydrogens (tertiary/aromatic N) is 1. The van der Waals surface area contributed by atoms with Crippen molar-refractivity contribution in [1.82, 2.24) is 0 Å². The highest BCUT2D eigenvalue weighted by atomic mass is 79.9. The lowest BCUT2D eigenvalue weighted by Gasteiger charge is -2.20. The Morgan fingerprint density at radius 2 is 2.09 bits per heavy atom. The molecule has 0 aliphatic carbocycles. The molecule has 1 N–H and O–H groups in total. The number of rotatable bonds is 5. The number of ether oxygens (including phenoxy) is 1. The van der Waals surface area contributed by atoms with Crippen LogP contribution in [0, 0.1) is 5.82 Å². The van der Waals surface area contributed by atoms with E-state index in [1.54, 1.807) is 37.4 Å². The summed E-state index contributed by atoms with van der Waals surface area (Å²) in [6.45, 7) is -0.0196. The lowest BCUT2D eigenvalue weighted by Crippen LogP contribution is -2.30. The van der Waals surface area contributed by atoms with E-state index in [4.69, 9.17) is 16.3 Å². The minimum atomic E-state index is -0.407. The van der Waals surface area contributed by atoms with Crippen LogP contribution in [-0.2, 0) is 4.79 Å². The van der Waals surface area contributed by atoms with Crippen LogP contribution in [0.4, 0.5) is 15.8 Å². The van der Waals surface area contributed by atoms with E-state index in [0.717, 1.165) is 0 Å². The summed E-state index contributed by atoms with van der Waals surface area (Å²) < 4.78 is 19.7. The van der Waals surface area contributed by atoms with Crippen molar-refractivity contribution < 1.29 is 13.9 Å². The first-order chi connectivity index (χ1) is 10.9. The van der Waals surface area contributed by atoms with Crippen molar-refractivity contribution in [2.45, 2.75) is 0 Å². The van der Waals surface area contributed by atoms with Crippen LogP contribution < -0.4 is 15.0 Å². The number of halogens is 3. The molecule has 0 unspecified atom stereocenters. The Morgan fingerprint density at radius 1 is 1.35 bits per heavy atom. The van der Waals surface area contributed by atoms with Gasteiger partial charge in [-0.05, 0) is 36.4 Å². The van der Waals surface area contributed by atoms with Crippen molar-refractivity contribution in [2.75, 3.05) is 30.9 Å². The zero-order chi connectivity index (χ0) is 17.0. The van der Waals surface area contributed by atoms with E-state index in [-0.39, 0.29) is 12.5 Å². The van der Waals surface area contributed by atoms with Gasteiger partial charge in [0.15, 0.2) is 0 Å². The van der Waals surface area contributed by atoms with Crippen LogP contribution in [0.25, 0.3) is 0 Å². The van der Waals surface area contributed by atoms with Crippen LogP contribution in [0.3, 0.4) is 0 Å². The van der Waals surface area contributed by atoms with Crippen molar-refractivity contribution in [3.63, 3.8) is 0 Å². The third kappa shape index (κ3) is 4.59. The zero-order valence-corrected chi connectivity index (χ0v) is 14.9. The minimum absolute atomic E-state index is 0.0196. The molecule has 122 valence electrons. The first-order valence-corrected chi connectivity index (χ1v) is 7.87. The van der Waals surface area contributed by atoms with E-state index in [1.807, 2.05) is 0 Å². The minimum Gasteiger partial charge on any atom is -0.495 e. The molecular formula is C16H15BrClFN2O2. The second-order valence-corrected chi connectivity index (χ2v) is 6.20. The van der Waals surface area contributed by atoms with E-state index in [0.29, 0.717) is 26.6 Å². The van der Waals surface area contributed by atoms with Gasteiger partial charge in [0.05, 0.1) is 25.0 Å². The first kappa shape index (κ1) is 17.6. The lowest BCUT2D eigenvalue weighted by molar-refractivity contribution is -0.114. The number of hydrogen-bond donors (Lipinski definition) is 1. The molecule has 2 aromatic rings. The number of amides is 1. The topological polar surface area (TPSA) is 41.6 Å². The van der Waals surface area contributed by atoms with Gasteiger partial charge in [-0.3, -0.25) is 4.79 Å². The molecule has 23 heavy (non-hydrogen) atoms. The summed E-state index contributed by atoms with van der Waals surface area (Å²) in [5.74, 6) is -0.217. The summed E-state index contributed by atoms with van der Waals surface area (Å²) in [7, 11) is 3.14. The van der Waals surface area contributed by atoms with Crippen molar-refractivity contribution in [1.29, 1.82) is 0 Å². The quantitative estimate of drug-likeness (QED) is 0.811. The molecule has 0 fully saturated rings. The molecule has 0 radical (unpaired) electrons. The number of carbonyl (C=O) groups is 1. The van der Waals surface area contributed by atoms with Gasteiger partial charge < -0.3 is 15.0 Å². The Balaban J connectivity index is 2.09. The molecule has 0 bridgehead atoms. The number of hydrogen-bond acceptors (Lipinski definition) is 3. The van der Waals surface area contributed by atoms with E-state index >= 15 is 0 Å². The number of carbonyl (C=O) groups excluding carboxylic acids is 1. The summed E-state index contributed by atoms with van der Waals surface area (Å²) >= 11 is 9.12. The van der Waals surface area contributed by atoms with Gasteiger partial charge in [-0.2, -0.15) is 0 Å². The summed E-state index contributed by atoms with van der Waals surface area (Å²) in [6, 6.07) is 9.59. The number of likely N-dealkylation sites (N-methyl/N-ethyl adjacent to an activating group) is 1. The maximum atomic E-state index is 13.9. The molecule has 0 aromatic heterocycles.